The Morgan fingerprint density at radius 2 is 1.75 bits per heavy atom. The molecule has 7 heteroatoms. The van der Waals surface area contributed by atoms with Crippen molar-refractivity contribution in [3.63, 3.8) is 0 Å². The number of hydrogen-bond acceptors (Lipinski definition) is 5. The highest BCUT2D eigenvalue weighted by Gasteiger charge is 2.43. The first-order valence-corrected chi connectivity index (χ1v) is 12.5. The van der Waals surface area contributed by atoms with Gasteiger partial charge in [-0.3, -0.25) is 4.79 Å². The van der Waals surface area contributed by atoms with Crippen molar-refractivity contribution in [1.29, 1.82) is 0 Å². The van der Waals surface area contributed by atoms with Crippen LogP contribution in [0, 0.1) is 11.3 Å². The molecular formula is C25H41BN2O4. The Kier molecular flexibility index (Phi) is 9.17. The second kappa shape index (κ2) is 11.6. The molecule has 32 heavy (non-hydrogen) atoms. The van der Waals surface area contributed by atoms with Crippen molar-refractivity contribution < 1.29 is 19.9 Å². The molecule has 1 aliphatic carbocycles. The minimum Gasteiger partial charge on any atom is -0.480 e. The van der Waals surface area contributed by atoms with E-state index in [0.717, 1.165) is 25.4 Å². The fourth-order valence-electron chi connectivity index (χ4n) is 5.96. The summed E-state index contributed by atoms with van der Waals surface area (Å²) in [5, 5.41) is 27.7. The number of likely N-dealkylation sites (tertiary alicyclic amines) is 1. The van der Waals surface area contributed by atoms with Gasteiger partial charge in [0.25, 0.3) is 0 Å². The molecule has 1 aromatic rings. The van der Waals surface area contributed by atoms with Gasteiger partial charge < -0.3 is 25.8 Å². The molecule has 178 valence electrons. The number of carboxylic acid groups (broad SMARTS) is 1. The van der Waals surface area contributed by atoms with E-state index in [2.05, 4.69) is 35.2 Å². The Morgan fingerprint density at radius 1 is 1.09 bits per heavy atom. The molecule has 1 atom stereocenters. The number of carbonyl (C=O) groups is 1. The zero-order valence-electron chi connectivity index (χ0n) is 19.4. The van der Waals surface area contributed by atoms with Crippen LogP contribution in [0.15, 0.2) is 30.3 Å². The minimum atomic E-state index is -1.34. The summed E-state index contributed by atoms with van der Waals surface area (Å²) in [7, 11) is -1.34. The molecule has 1 aliphatic heterocycles. The van der Waals surface area contributed by atoms with Gasteiger partial charge in [-0.25, -0.2) is 0 Å². The second-order valence-corrected chi connectivity index (χ2v) is 10.3. The number of aliphatic carboxylic acids is 1. The Balaban J connectivity index is 1.54. The maximum atomic E-state index is 11.9. The first kappa shape index (κ1) is 25.2. The van der Waals surface area contributed by atoms with Crippen molar-refractivity contribution >= 4 is 13.1 Å². The van der Waals surface area contributed by atoms with Crippen LogP contribution >= 0.6 is 0 Å². The van der Waals surface area contributed by atoms with Gasteiger partial charge in [0, 0.05) is 6.54 Å². The average Bonchev–Trinajstić information content (AvgIpc) is 3.33. The third-order valence-electron chi connectivity index (χ3n) is 8.11. The molecule has 0 amide bonds. The van der Waals surface area contributed by atoms with E-state index in [1.54, 1.807) is 0 Å². The van der Waals surface area contributed by atoms with Crippen molar-refractivity contribution in [3.8, 4) is 0 Å². The van der Waals surface area contributed by atoms with E-state index in [-0.39, 0.29) is 6.32 Å². The molecule has 0 aromatic heterocycles. The van der Waals surface area contributed by atoms with Crippen LogP contribution in [-0.4, -0.2) is 58.3 Å². The van der Waals surface area contributed by atoms with Gasteiger partial charge in [0.1, 0.15) is 5.54 Å². The fourth-order valence-corrected chi connectivity index (χ4v) is 5.96. The molecule has 1 unspecified atom stereocenters. The van der Waals surface area contributed by atoms with E-state index in [1.165, 1.54) is 44.1 Å². The number of rotatable bonds is 12. The zero-order valence-corrected chi connectivity index (χ0v) is 19.4. The molecule has 5 N–H and O–H groups in total. The summed E-state index contributed by atoms with van der Waals surface area (Å²) in [5.74, 6) is -0.150. The van der Waals surface area contributed by atoms with Crippen LogP contribution in [0.4, 0.5) is 0 Å². The minimum absolute atomic E-state index is 0.256. The van der Waals surface area contributed by atoms with Gasteiger partial charge in [-0.15, -0.1) is 0 Å². The van der Waals surface area contributed by atoms with Crippen molar-refractivity contribution in [2.45, 2.75) is 82.5 Å². The smallest absolute Gasteiger partial charge is 0.451 e. The lowest BCUT2D eigenvalue weighted by Gasteiger charge is -2.46. The normalized spacial score (nSPS) is 21.3. The van der Waals surface area contributed by atoms with Gasteiger partial charge in [-0.1, -0.05) is 56.0 Å². The molecule has 0 spiro atoms. The molecule has 0 bridgehead atoms. The molecule has 2 fully saturated rings. The van der Waals surface area contributed by atoms with Crippen LogP contribution in [0.2, 0.25) is 6.32 Å². The summed E-state index contributed by atoms with van der Waals surface area (Å²) in [6.07, 6.45) is 11.1. The summed E-state index contributed by atoms with van der Waals surface area (Å²) in [6.45, 7) is 2.73. The van der Waals surface area contributed by atoms with Crippen molar-refractivity contribution in [2.75, 3.05) is 19.6 Å². The number of nitrogens with zero attached hydrogens (tertiary/aromatic N) is 1. The van der Waals surface area contributed by atoms with Crippen LogP contribution in [-0.2, 0) is 11.2 Å². The first-order valence-electron chi connectivity index (χ1n) is 12.5. The number of benzene rings is 1. The van der Waals surface area contributed by atoms with Gasteiger partial charge in [0.05, 0.1) is 0 Å². The summed E-state index contributed by atoms with van der Waals surface area (Å²) in [6, 6.07) is 10.9. The summed E-state index contributed by atoms with van der Waals surface area (Å²) in [5.41, 5.74) is 6.84. The van der Waals surface area contributed by atoms with Crippen molar-refractivity contribution in [3.05, 3.63) is 35.9 Å². The molecule has 0 radical (unpaired) electrons. The molecule has 2 aliphatic rings. The van der Waals surface area contributed by atoms with Crippen LogP contribution in [0.3, 0.4) is 0 Å². The van der Waals surface area contributed by atoms with Crippen LogP contribution in [0.25, 0.3) is 0 Å². The number of unbranched alkanes of at least 4 members (excludes halogenated alkanes) is 1. The molecule has 6 nitrogen and oxygen atoms in total. The van der Waals surface area contributed by atoms with Crippen molar-refractivity contribution in [2.24, 2.45) is 17.1 Å². The molecule has 1 heterocycles. The largest absolute Gasteiger partial charge is 0.480 e. The lowest BCUT2D eigenvalue weighted by Crippen LogP contribution is -2.51. The van der Waals surface area contributed by atoms with Gasteiger partial charge in [0.2, 0.25) is 0 Å². The van der Waals surface area contributed by atoms with Gasteiger partial charge in [-0.05, 0) is 81.3 Å². The Morgan fingerprint density at radius 3 is 2.34 bits per heavy atom. The quantitative estimate of drug-likeness (QED) is 0.291. The van der Waals surface area contributed by atoms with Crippen molar-refractivity contribution in [1.82, 2.24) is 4.90 Å². The van der Waals surface area contributed by atoms with E-state index in [4.69, 9.17) is 15.8 Å². The number of piperidine rings is 1. The zero-order chi connectivity index (χ0) is 23.0. The third-order valence-corrected chi connectivity index (χ3v) is 8.11. The molecule has 1 aromatic carbocycles. The Labute approximate surface area is 193 Å². The lowest BCUT2D eigenvalue weighted by atomic mass is 9.64. The lowest BCUT2D eigenvalue weighted by molar-refractivity contribution is -0.144. The highest BCUT2D eigenvalue weighted by Crippen LogP contribution is 2.49. The highest BCUT2D eigenvalue weighted by molar-refractivity contribution is 6.40. The van der Waals surface area contributed by atoms with Crippen LogP contribution in [0.5, 0.6) is 0 Å². The monoisotopic (exact) mass is 444 g/mol. The van der Waals surface area contributed by atoms with E-state index < -0.39 is 18.6 Å². The summed E-state index contributed by atoms with van der Waals surface area (Å²) < 4.78 is 0. The predicted octanol–water partition coefficient (Wildman–Crippen LogP) is 3.32. The highest BCUT2D eigenvalue weighted by atomic mass is 16.4. The van der Waals surface area contributed by atoms with Crippen LogP contribution in [0.1, 0.15) is 69.8 Å². The van der Waals surface area contributed by atoms with Gasteiger partial charge in [-0.2, -0.15) is 0 Å². The number of hydrogen-bond donors (Lipinski definition) is 4. The standard InChI is InChI=1S/C25H41BN2O4/c27-25(23(29)30,12-6-7-16-26(31)32)15-19-28-17-13-24(14-18-28,22-10-4-5-11-22)20-21-8-2-1-3-9-21/h1-3,8-9,22,31-32H,4-7,10-20,27H2,(H,29,30). The average molecular weight is 444 g/mol. The molecule has 1 saturated heterocycles. The van der Waals surface area contributed by atoms with Gasteiger partial charge >= 0.3 is 13.1 Å². The van der Waals surface area contributed by atoms with E-state index in [9.17, 15) is 9.90 Å². The van der Waals surface area contributed by atoms with E-state index in [1.807, 2.05) is 0 Å². The molecule has 3 rings (SSSR count). The van der Waals surface area contributed by atoms with Gasteiger partial charge in [0.15, 0.2) is 0 Å². The first-order chi connectivity index (χ1) is 15.3. The second-order valence-electron chi connectivity index (χ2n) is 10.3. The SMILES string of the molecule is NC(CCCCB(O)O)(CCN1CCC(Cc2ccccc2)(C2CCCC2)CC1)C(=O)O. The summed E-state index contributed by atoms with van der Waals surface area (Å²) in [4.78, 5) is 14.3. The Hall–Kier alpha value is -1.41. The van der Waals surface area contributed by atoms with E-state index in [0.29, 0.717) is 37.6 Å². The number of carboxylic acids is 1. The predicted molar refractivity (Wildman–Crippen MR) is 128 cm³/mol. The van der Waals surface area contributed by atoms with Crippen LogP contribution < -0.4 is 5.73 Å². The fraction of sp³-hybridized carbons (Fsp3) is 0.720. The Bertz CT molecular complexity index is 703. The number of nitrogens with two attached hydrogens (primary N) is 1. The maximum Gasteiger partial charge on any atom is 0.451 e. The molecule has 1 saturated carbocycles. The topological polar surface area (TPSA) is 107 Å². The van der Waals surface area contributed by atoms with E-state index >= 15 is 0 Å². The maximum absolute atomic E-state index is 11.9. The molecular weight excluding hydrogens is 403 g/mol. The summed E-state index contributed by atoms with van der Waals surface area (Å²) >= 11 is 0. The third kappa shape index (κ3) is 6.80.